The second kappa shape index (κ2) is 6.43. The number of nitrogens with two attached hydrogens (primary N) is 2. The number of rotatable bonds is 4. The van der Waals surface area contributed by atoms with Gasteiger partial charge < -0.3 is 27.2 Å². The smallest absolute Gasteiger partial charge is 0.303 e. The summed E-state index contributed by atoms with van der Waals surface area (Å²) in [6, 6.07) is -0.124. The van der Waals surface area contributed by atoms with Crippen LogP contribution in [0.15, 0.2) is 4.99 Å². The summed E-state index contributed by atoms with van der Waals surface area (Å²) in [5, 5.41) is 14.2. The van der Waals surface area contributed by atoms with Crippen molar-refractivity contribution in [2.75, 3.05) is 18.0 Å². The third kappa shape index (κ3) is 3.73. The molecule has 7 N–H and O–H groups in total. The number of anilines is 2. The fourth-order valence-corrected chi connectivity index (χ4v) is 1.94. The Bertz CT molecular complexity index is 649. The topological polar surface area (TPSA) is 169 Å². The molecule has 1 aromatic heterocycles. The minimum atomic E-state index is -0.886. The zero-order chi connectivity index (χ0) is 16.3. The summed E-state index contributed by atoms with van der Waals surface area (Å²) in [5.41, 5.74) is 10.8. The lowest BCUT2D eigenvalue weighted by molar-refractivity contribution is -0.137. The van der Waals surface area contributed by atoms with Crippen LogP contribution >= 0.6 is 11.6 Å². The van der Waals surface area contributed by atoms with Gasteiger partial charge in [-0.1, -0.05) is 11.6 Å². The van der Waals surface area contributed by atoms with Crippen LogP contribution in [0.1, 0.15) is 23.3 Å². The second-order valence-electron chi connectivity index (χ2n) is 4.55. The van der Waals surface area contributed by atoms with E-state index in [2.05, 4.69) is 25.6 Å². The summed E-state index contributed by atoms with van der Waals surface area (Å²) < 4.78 is 0. The molecule has 1 fully saturated rings. The Balaban J connectivity index is 2.06. The molecule has 1 aromatic rings. The van der Waals surface area contributed by atoms with Crippen LogP contribution in [0.5, 0.6) is 0 Å². The Morgan fingerprint density at radius 1 is 1.36 bits per heavy atom. The van der Waals surface area contributed by atoms with Crippen LogP contribution in [0.3, 0.4) is 0 Å². The highest BCUT2D eigenvalue weighted by atomic mass is 35.5. The summed E-state index contributed by atoms with van der Waals surface area (Å²) in [7, 11) is 0. The Kier molecular flexibility index (Phi) is 4.61. The van der Waals surface area contributed by atoms with E-state index in [0.717, 1.165) is 0 Å². The Morgan fingerprint density at radius 3 is 2.77 bits per heavy atom. The average molecular weight is 328 g/mol. The first-order chi connectivity index (χ1) is 10.4. The van der Waals surface area contributed by atoms with E-state index in [0.29, 0.717) is 13.0 Å². The molecule has 1 amide bonds. The van der Waals surface area contributed by atoms with Gasteiger partial charge in [0.1, 0.15) is 0 Å². The van der Waals surface area contributed by atoms with Gasteiger partial charge in [0.25, 0.3) is 0 Å². The number of halogens is 1. The highest BCUT2D eigenvalue weighted by molar-refractivity contribution is 6.31. The normalized spacial score (nSPS) is 18.8. The second-order valence-corrected chi connectivity index (χ2v) is 4.91. The maximum atomic E-state index is 12.0. The number of carboxylic acids is 1. The number of aliphatic carboxylic acids is 1. The van der Waals surface area contributed by atoms with Gasteiger partial charge in [-0.3, -0.25) is 9.59 Å². The van der Waals surface area contributed by atoms with Crippen molar-refractivity contribution in [3.8, 4) is 0 Å². The molecule has 11 heteroatoms. The van der Waals surface area contributed by atoms with Gasteiger partial charge in [-0.05, 0) is 6.42 Å². The summed E-state index contributed by atoms with van der Waals surface area (Å²) >= 11 is 5.70. The van der Waals surface area contributed by atoms with Crippen molar-refractivity contribution in [2.45, 2.75) is 18.9 Å². The number of nitrogens with one attached hydrogen (secondary N) is 2. The number of amides is 1. The summed E-state index contributed by atoms with van der Waals surface area (Å²) in [6.07, 6.45) is 0.428. The molecule has 1 aliphatic heterocycles. The van der Waals surface area contributed by atoms with Gasteiger partial charge in [0.05, 0.1) is 0 Å². The van der Waals surface area contributed by atoms with Gasteiger partial charge in [0, 0.05) is 19.0 Å². The quantitative estimate of drug-likeness (QED) is 0.476. The molecule has 0 bridgehead atoms. The monoisotopic (exact) mass is 327 g/mol. The zero-order valence-corrected chi connectivity index (χ0v) is 12.1. The zero-order valence-electron chi connectivity index (χ0n) is 11.3. The average Bonchev–Trinajstić information content (AvgIpc) is 2.88. The van der Waals surface area contributed by atoms with E-state index in [9.17, 15) is 9.59 Å². The molecule has 2 rings (SSSR count). The molecule has 0 radical (unpaired) electrons. The van der Waals surface area contributed by atoms with Gasteiger partial charge in [-0.15, -0.1) is 0 Å². The minimum Gasteiger partial charge on any atom is -0.481 e. The molecule has 1 saturated heterocycles. The molecule has 0 spiro atoms. The number of carboxylic acid groups (broad SMARTS) is 1. The van der Waals surface area contributed by atoms with Crippen molar-refractivity contribution in [3.63, 3.8) is 0 Å². The molecule has 2 heterocycles. The van der Waals surface area contributed by atoms with Crippen LogP contribution in [0.2, 0.25) is 5.15 Å². The Morgan fingerprint density at radius 2 is 2.09 bits per heavy atom. The molecular formula is C11H14ClN7O3. The highest BCUT2D eigenvalue weighted by Crippen LogP contribution is 2.18. The number of carbonyl (C=O) groups is 2. The van der Waals surface area contributed by atoms with Crippen molar-refractivity contribution < 1.29 is 14.7 Å². The van der Waals surface area contributed by atoms with Crippen LogP contribution in [0, 0.1) is 0 Å². The first-order valence-electron chi connectivity index (χ1n) is 6.30. The number of nitrogen functional groups attached to an aromatic ring is 2. The first-order valence-corrected chi connectivity index (χ1v) is 6.68. The van der Waals surface area contributed by atoms with Gasteiger partial charge in [-0.25, -0.2) is 9.97 Å². The molecule has 0 saturated carbocycles. The van der Waals surface area contributed by atoms with E-state index in [1.165, 1.54) is 0 Å². The van der Waals surface area contributed by atoms with Crippen molar-refractivity contribution in [3.05, 3.63) is 10.8 Å². The Hall–Kier alpha value is -2.62. The maximum Gasteiger partial charge on any atom is 0.303 e. The van der Waals surface area contributed by atoms with Crippen LogP contribution in [0.4, 0.5) is 11.6 Å². The molecule has 1 aliphatic rings. The third-order valence-corrected chi connectivity index (χ3v) is 3.16. The van der Waals surface area contributed by atoms with Crippen LogP contribution < -0.4 is 22.1 Å². The lowest BCUT2D eigenvalue weighted by Crippen LogP contribution is -2.29. The van der Waals surface area contributed by atoms with Crippen LogP contribution in [-0.4, -0.2) is 45.5 Å². The minimum absolute atomic E-state index is 0.0204. The number of carbonyl (C=O) groups excluding carboxylic acids is 1. The van der Waals surface area contributed by atoms with Crippen molar-refractivity contribution in [2.24, 2.45) is 4.99 Å². The van der Waals surface area contributed by atoms with Gasteiger partial charge in [-0.2, -0.15) is 4.99 Å². The van der Waals surface area contributed by atoms with E-state index in [1.54, 1.807) is 0 Å². The third-order valence-electron chi connectivity index (χ3n) is 2.88. The van der Waals surface area contributed by atoms with Crippen molar-refractivity contribution >= 4 is 41.1 Å². The standard InChI is InChI=1S/C11H14ClN7O3/c12-7-9(14)18-8(13)6(17-7)10(22)19-11-15-3-4(16-11)1-2-5(20)21/h4H,1-3H2,(H,20,21)(H4,13,14,18)(H2,15,16,19,22). The van der Waals surface area contributed by atoms with Crippen molar-refractivity contribution in [1.29, 1.82) is 0 Å². The molecule has 0 aliphatic carbocycles. The number of aromatic nitrogens is 2. The number of nitrogens with zero attached hydrogens (tertiary/aromatic N) is 3. The Labute approximate surface area is 130 Å². The van der Waals surface area contributed by atoms with E-state index in [4.69, 9.17) is 28.2 Å². The van der Waals surface area contributed by atoms with Crippen LogP contribution in [-0.2, 0) is 4.79 Å². The summed E-state index contributed by atoms with van der Waals surface area (Å²) in [5.74, 6) is -1.65. The molecule has 0 aromatic carbocycles. The van der Waals surface area contributed by atoms with E-state index < -0.39 is 11.9 Å². The van der Waals surface area contributed by atoms with E-state index in [-0.39, 0.29) is 40.9 Å². The number of hydrogen-bond donors (Lipinski definition) is 5. The molecule has 1 atom stereocenters. The molecule has 118 valence electrons. The lowest BCUT2D eigenvalue weighted by Gasteiger charge is -2.06. The van der Waals surface area contributed by atoms with Gasteiger partial charge in [0.2, 0.25) is 0 Å². The fraction of sp³-hybridized carbons (Fsp3) is 0.364. The van der Waals surface area contributed by atoms with E-state index >= 15 is 0 Å². The lowest BCUT2D eigenvalue weighted by atomic mass is 10.2. The fourth-order valence-electron chi connectivity index (χ4n) is 1.81. The van der Waals surface area contributed by atoms with Crippen molar-refractivity contribution in [1.82, 2.24) is 20.6 Å². The SMILES string of the molecule is Nc1nc(N)c(C(=O)/N=C2/NCC(CCC(=O)O)N2)nc1Cl. The maximum absolute atomic E-state index is 12.0. The van der Waals surface area contributed by atoms with Gasteiger partial charge in [0.15, 0.2) is 28.4 Å². The molecule has 10 nitrogen and oxygen atoms in total. The van der Waals surface area contributed by atoms with Gasteiger partial charge >= 0.3 is 11.9 Å². The molecule has 22 heavy (non-hydrogen) atoms. The predicted octanol–water partition coefficient (Wildman–Crippen LogP) is -0.783. The summed E-state index contributed by atoms with van der Waals surface area (Å²) in [4.78, 5) is 33.8. The highest BCUT2D eigenvalue weighted by Gasteiger charge is 2.22. The first kappa shape index (κ1) is 15.8. The summed E-state index contributed by atoms with van der Waals surface area (Å²) in [6.45, 7) is 0.461. The predicted molar refractivity (Wildman–Crippen MR) is 79.4 cm³/mol. The number of guanidine groups is 1. The molecular weight excluding hydrogens is 314 g/mol. The largest absolute Gasteiger partial charge is 0.481 e. The van der Waals surface area contributed by atoms with E-state index in [1.807, 2.05) is 0 Å². The molecule has 1 unspecified atom stereocenters. The number of hydrogen-bond acceptors (Lipinski definition) is 6. The van der Waals surface area contributed by atoms with Crippen LogP contribution in [0.25, 0.3) is 0 Å². The number of aliphatic imine (C=N–C) groups is 1.